The van der Waals surface area contributed by atoms with Gasteiger partial charge in [-0.1, -0.05) is 47.0 Å². The number of nitrogens with zero attached hydrogens (tertiary/aromatic N) is 3. The predicted molar refractivity (Wildman–Crippen MR) is 188 cm³/mol. The van der Waals surface area contributed by atoms with Gasteiger partial charge in [-0.2, -0.15) is 5.26 Å². The fraction of sp³-hybridized carbons (Fsp3) is 0.694. The Morgan fingerprint density at radius 2 is 1.90 bits per heavy atom. The third kappa shape index (κ3) is 10.9. The second-order valence-corrected chi connectivity index (χ2v) is 14.9. The SMILES string of the molecule is CC[C@@](C)(C=O)CN=C(N=CN)c1ccc([C@]2(C#N)O[C@H](COC(=O)CC3CCCCC3)[C@@H](OC(=O)[C@@H](NC(=O)OC(C)(C)C)C(C)C)[C@H]2O)[nH]1. The summed E-state index contributed by atoms with van der Waals surface area (Å²) in [5, 5.41) is 24.8. The number of hydrogen-bond acceptors (Lipinski definition) is 11. The minimum atomic E-state index is -2.13. The number of alkyl carbamates (subject to hydrolysis) is 1. The quantitative estimate of drug-likeness (QED) is 0.0712. The Labute approximate surface area is 299 Å². The van der Waals surface area contributed by atoms with E-state index in [9.17, 15) is 29.5 Å². The van der Waals surface area contributed by atoms with Gasteiger partial charge in [-0.15, -0.1) is 0 Å². The van der Waals surface area contributed by atoms with E-state index in [1.165, 1.54) is 6.07 Å². The van der Waals surface area contributed by atoms with Gasteiger partial charge in [0.15, 0.2) is 11.9 Å². The monoisotopic (exact) mass is 714 g/mol. The number of nitrogens with two attached hydrogens (primary N) is 1. The maximum atomic E-state index is 13.6. The molecular weight excluding hydrogens is 660 g/mol. The molecule has 1 aromatic rings. The number of aliphatic hydroxyl groups is 1. The number of amidine groups is 1. The highest BCUT2D eigenvalue weighted by Crippen LogP contribution is 2.41. The van der Waals surface area contributed by atoms with E-state index in [4.69, 9.17) is 24.7 Å². The maximum Gasteiger partial charge on any atom is 0.408 e. The number of nitriles is 1. The number of esters is 2. The first kappa shape index (κ1) is 41.1. The molecule has 1 saturated carbocycles. The summed E-state index contributed by atoms with van der Waals surface area (Å²) >= 11 is 0. The first-order valence-electron chi connectivity index (χ1n) is 17.6. The lowest BCUT2D eigenvalue weighted by Crippen LogP contribution is -2.50. The molecule has 15 nitrogen and oxygen atoms in total. The number of aliphatic hydroxyl groups excluding tert-OH is 1. The van der Waals surface area contributed by atoms with Crippen LogP contribution in [0.25, 0.3) is 0 Å². The van der Waals surface area contributed by atoms with Crippen molar-refractivity contribution >= 4 is 36.5 Å². The van der Waals surface area contributed by atoms with Crippen LogP contribution in [0.4, 0.5) is 4.79 Å². The van der Waals surface area contributed by atoms with E-state index in [1.807, 2.05) is 13.0 Å². The highest BCUT2D eigenvalue weighted by molar-refractivity contribution is 6.01. The molecule has 282 valence electrons. The van der Waals surface area contributed by atoms with E-state index >= 15 is 0 Å². The predicted octanol–water partition coefficient (Wildman–Crippen LogP) is 3.82. The molecule has 2 aliphatic rings. The molecule has 0 radical (unpaired) electrons. The Morgan fingerprint density at radius 1 is 1.22 bits per heavy atom. The molecule has 3 rings (SSSR count). The standard InChI is InChI=1S/C36H54N6O9/c1-8-35(7,20-43)19-39-31(40-21-38)24-14-15-26(41-24)36(18-37)30(45)29(25(50-36)17-48-27(44)16-23-12-10-9-11-13-23)49-32(46)28(22(2)3)42-33(47)51-34(4,5)6/h14-15,20-23,25,28-30,41,45H,8-13,16-17,19H2,1-7H3,(H,42,47)(H2,38,39,40)/t25-,28+,29-,30-,35-,36+/m1/s1. The van der Waals surface area contributed by atoms with Gasteiger partial charge in [-0.25, -0.2) is 14.6 Å². The van der Waals surface area contributed by atoms with Crippen molar-refractivity contribution in [2.45, 2.75) is 129 Å². The highest BCUT2D eigenvalue weighted by Gasteiger charge is 2.59. The first-order valence-corrected chi connectivity index (χ1v) is 17.6. The lowest BCUT2D eigenvalue weighted by Gasteiger charge is -2.28. The van der Waals surface area contributed by atoms with E-state index in [0.29, 0.717) is 12.1 Å². The number of amides is 1. The van der Waals surface area contributed by atoms with E-state index in [1.54, 1.807) is 47.6 Å². The highest BCUT2D eigenvalue weighted by atomic mass is 16.6. The minimum Gasteiger partial charge on any atom is -0.463 e. The average molecular weight is 715 g/mol. The number of aldehydes is 1. The molecule has 1 aromatic heterocycles. The summed E-state index contributed by atoms with van der Waals surface area (Å²) in [6.45, 7) is 11.7. The fourth-order valence-electron chi connectivity index (χ4n) is 5.95. The molecule has 2 fully saturated rings. The smallest absolute Gasteiger partial charge is 0.408 e. The molecule has 2 heterocycles. The van der Waals surface area contributed by atoms with Crippen molar-refractivity contribution < 1.29 is 43.2 Å². The van der Waals surface area contributed by atoms with Crippen molar-refractivity contribution in [1.29, 1.82) is 5.26 Å². The number of nitrogens with one attached hydrogen (secondary N) is 2. The third-order valence-corrected chi connectivity index (χ3v) is 9.24. The number of ether oxygens (including phenoxy) is 4. The molecule has 1 saturated heterocycles. The van der Waals surface area contributed by atoms with Gasteiger partial charge < -0.3 is 44.9 Å². The summed E-state index contributed by atoms with van der Waals surface area (Å²) in [6, 6.07) is 3.87. The topological polar surface area (TPSA) is 228 Å². The Balaban J connectivity index is 1.94. The molecule has 15 heteroatoms. The van der Waals surface area contributed by atoms with Crippen molar-refractivity contribution in [3.05, 3.63) is 23.5 Å². The molecule has 0 spiro atoms. The van der Waals surface area contributed by atoms with Crippen LogP contribution in [0.3, 0.4) is 0 Å². The number of aliphatic imine (C=N–C) groups is 2. The van der Waals surface area contributed by atoms with Crippen LogP contribution in [-0.2, 0) is 38.9 Å². The van der Waals surface area contributed by atoms with Crippen molar-refractivity contribution in [1.82, 2.24) is 10.3 Å². The van der Waals surface area contributed by atoms with Crippen LogP contribution in [-0.4, -0.2) is 89.7 Å². The van der Waals surface area contributed by atoms with Gasteiger partial charge in [0.2, 0.25) is 5.60 Å². The first-order chi connectivity index (χ1) is 24.0. The Kier molecular flexibility index (Phi) is 14.3. The van der Waals surface area contributed by atoms with Crippen molar-refractivity contribution in [3.8, 4) is 6.07 Å². The minimum absolute atomic E-state index is 0.0745. The zero-order chi connectivity index (χ0) is 38.0. The van der Waals surface area contributed by atoms with Crippen LogP contribution in [0.5, 0.6) is 0 Å². The molecule has 0 bridgehead atoms. The average Bonchev–Trinajstić information content (AvgIpc) is 3.67. The summed E-state index contributed by atoms with van der Waals surface area (Å²) in [5.74, 6) is -1.51. The lowest BCUT2D eigenvalue weighted by atomic mass is 9.87. The van der Waals surface area contributed by atoms with Gasteiger partial charge in [0.05, 0.1) is 24.3 Å². The van der Waals surface area contributed by atoms with E-state index in [2.05, 4.69) is 20.3 Å². The maximum absolute atomic E-state index is 13.6. The molecule has 51 heavy (non-hydrogen) atoms. The fourth-order valence-corrected chi connectivity index (χ4v) is 5.95. The van der Waals surface area contributed by atoms with Crippen LogP contribution >= 0.6 is 0 Å². The van der Waals surface area contributed by atoms with Crippen LogP contribution < -0.4 is 11.1 Å². The lowest BCUT2D eigenvalue weighted by molar-refractivity contribution is -0.163. The van der Waals surface area contributed by atoms with Gasteiger partial charge in [0.1, 0.15) is 42.8 Å². The molecule has 0 aromatic carbocycles. The summed E-state index contributed by atoms with van der Waals surface area (Å²) in [7, 11) is 0. The summed E-state index contributed by atoms with van der Waals surface area (Å²) in [4.78, 5) is 62.4. The molecule has 1 aliphatic carbocycles. The van der Waals surface area contributed by atoms with Gasteiger partial charge in [0.25, 0.3) is 0 Å². The van der Waals surface area contributed by atoms with Gasteiger partial charge in [-0.05, 0) is 64.0 Å². The number of H-pyrrole nitrogens is 1. The summed E-state index contributed by atoms with van der Waals surface area (Å²) in [5.41, 5.74) is 2.26. The normalized spacial score (nSPS) is 24.8. The van der Waals surface area contributed by atoms with E-state index in [0.717, 1.165) is 44.7 Å². The van der Waals surface area contributed by atoms with Gasteiger partial charge in [0, 0.05) is 11.8 Å². The molecule has 5 N–H and O–H groups in total. The zero-order valence-electron chi connectivity index (χ0n) is 30.8. The van der Waals surface area contributed by atoms with Crippen molar-refractivity contribution in [3.63, 3.8) is 0 Å². The van der Waals surface area contributed by atoms with Crippen LogP contribution in [0.2, 0.25) is 0 Å². The van der Waals surface area contributed by atoms with Crippen molar-refractivity contribution in [2.24, 2.45) is 33.0 Å². The number of aromatic nitrogens is 1. The second kappa shape index (κ2) is 17.8. The number of hydrogen-bond donors (Lipinski definition) is 4. The second-order valence-electron chi connectivity index (χ2n) is 14.9. The molecular formula is C36H54N6O9. The Morgan fingerprint density at radius 3 is 2.47 bits per heavy atom. The summed E-state index contributed by atoms with van der Waals surface area (Å²) in [6.07, 6.45) is 2.28. The molecule has 1 aliphatic heterocycles. The number of rotatable bonds is 14. The van der Waals surface area contributed by atoms with E-state index in [-0.39, 0.29) is 30.4 Å². The third-order valence-electron chi connectivity index (χ3n) is 9.24. The number of carbonyl (C=O) groups is 4. The Bertz CT molecular complexity index is 1470. The van der Waals surface area contributed by atoms with Gasteiger partial charge in [-0.3, -0.25) is 9.79 Å². The largest absolute Gasteiger partial charge is 0.463 e. The zero-order valence-corrected chi connectivity index (χ0v) is 30.8. The molecule has 1 amide bonds. The summed E-state index contributed by atoms with van der Waals surface area (Å²) < 4.78 is 22.9. The van der Waals surface area contributed by atoms with Crippen LogP contribution in [0.1, 0.15) is 105 Å². The number of carbonyl (C=O) groups excluding carboxylic acids is 4. The van der Waals surface area contributed by atoms with Crippen molar-refractivity contribution in [2.75, 3.05) is 13.2 Å². The van der Waals surface area contributed by atoms with Crippen LogP contribution in [0.15, 0.2) is 22.1 Å². The number of aromatic amines is 1. The van der Waals surface area contributed by atoms with Crippen LogP contribution in [0, 0.1) is 28.6 Å². The van der Waals surface area contributed by atoms with Gasteiger partial charge >= 0.3 is 18.0 Å². The Hall–Kier alpha value is -4.29. The molecule has 0 unspecified atom stereocenters. The molecule has 6 atom stereocenters. The van der Waals surface area contributed by atoms with E-state index < -0.39 is 71.5 Å².